The van der Waals surface area contributed by atoms with Gasteiger partial charge in [0.15, 0.2) is 22.8 Å². The highest BCUT2D eigenvalue weighted by atomic mass is 19.3. The van der Waals surface area contributed by atoms with Crippen LogP contribution in [0, 0.1) is 5.82 Å². The largest absolute Gasteiger partial charge is 0.494 e. The molecule has 0 aliphatic carbocycles. The van der Waals surface area contributed by atoms with Crippen LogP contribution in [0.3, 0.4) is 0 Å². The highest BCUT2D eigenvalue weighted by Gasteiger charge is 2.60. The Bertz CT molecular complexity index is 1010. The SMILES string of the molecule is COc1cnc(C(=O)Cc2ccc(F)c([C@@]3(C)N=C(N)[C@](C)(F)CC3(F)F)c2)nc1. The molecule has 1 aliphatic rings. The molecule has 0 fully saturated rings. The fourth-order valence-corrected chi connectivity index (χ4v) is 3.26. The first-order chi connectivity index (χ1) is 13.9. The lowest BCUT2D eigenvalue weighted by molar-refractivity contribution is -0.106. The van der Waals surface area contributed by atoms with Crippen molar-refractivity contribution in [3.63, 3.8) is 0 Å². The minimum Gasteiger partial charge on any atom is -0.494 e. The van der Waals surface area contributed by atoms with Gasteiger partial charge in [-0.15, -0.1) is 0 Å². The summed E-state index contributed by atoms with van der Waals surface area (Å²) in [5, 5.41) is 0. The van der Waals surface area contributed by atoms with Crippen molar-refractivity contribution in [1.29, 1.82) is 0 Å². The van der Waals surface area contributed by atoms with E-state index >= 15 is 0 Å². The van der Waals surface area contributed by atoms with Crippen LogP contribution >= 0.6 is 0 Å². The highest BCUT2D eigenvalue weighted by molar-refractivity contribution is 5.94. The molecule has 1 aromatic carbocycles. The number of methoxy groups -OCH3 is 1. The van der Waals surface area contributed by atoms with E-state index in [0.717, 1.165) is 26.0 Å². The molecule has 2 aromatic rings. The number of Topliss-reactive ketones (excluding diaryl/α,β-unsaturated/α-hetero) is 1. The number of benzene rings is 1. The first kappa shape index (κ1) is 21.7. The quantitative estimate of drug-likeness (QED) is 0.587. The number of hydrogen-bond acceptors (Lipinski definition) is 6. The molecule has 0 bridgehead atoms. The van der Waals surface area contributed by atoms with Gasteiger partial charge in [-0.1, -0.05) is 6.07 Å². The van der Waals surface area contributed by atoms with Gasteiger partial charge in [-0.3, -0.25) is 9.79 Å². The van der Waals surface area contributed by atoms with E-state index in [0.29, 0.717) is 5.75 Å². The summed E-state index contributed by atoms with van der Waals surface area (Å²) in [6.07, 6.45) is 1.12. The number of carbonyl (C=O) groups excluding carboxylic acids is 1. The molecule has 6 nitrogen and oxygen atoms in total. The molecule has 0 spiro atoms. The summed E-state index contributed by atoms with van der Waals surface area (Å²) in [6, 6.07) is 3.36. The molecule has 2 heterocycles. The van der Waals surface area contributed by atoms with Crippen molar-refractivity contribution in [2.24, 2.45) is 10.7 Å². The molecule has 2 N–H and O–H groups in total. The average Bonchev–Trinajstić information content (AvgIpc) is 2.67. The molecule has 0 saturated heterocycles. The van der Waals surface area contributed by atoms with E-state index in [1.54, 1.807) is 0 Å². The minimum absolute atomic E-state index is 0.105. The molecule has 3 rings (SSSR count). The Balaban J connectivity index is 1.97. The van der Waals surface area contributed by atoms with E-state index in [4.69, 9.17) is 10.5 Å². The van der Waals surface area contributed by atoms with E-state index in [2.05, 4.69) is 15.0 Å². The monoisotopic (exact) mass is 424 g/mol. The molecule has 0 saturated carbocycles. The summed E-state index contributed by atoms with van der Waals surface area (Å²) in [5.74, 6) is -5.57. The Labute approximate surface area is 170 Å². The maximum Gasteiger partial charge on any atom is 0.280 e. The number of ether oxygens (including phenoxy) is 1. The van der Waals surface area contributed by atoms with Crippen LogP contribution in [-0.4, -0.2) is 40.3 Å². The third kappa shape index (κ3) is 3.73. The predicted molar refractivity (Wildman–Crippen MR) is 101 cm³/mol. The first-order valence-corrected chi connectivity index (χ1v) is 9.00. The molecule has 2 atom stereocenters. The molecule has 0 radical (unpaired) electrons. The van der Waals surface area contributed by atoms with Crippen molar-refractivity contribution >= 4 is 11.6 Å². The number of carbonyl (C=O) groups is 1. The van der Waals surface area contributed by atoms with Gasteiger partial charge < -0.3 is 10.5 Å². The normalized spacial score (nSPS) is 25.5. The summed E-state index contributed by atoms with van der Waals surface area (Å²) >= 11 is 0. The summed E-state index contributed by atoms with van der Waals surface area (Å²) in [5.41, 5.74) is 0.376. The van der Waals surface area contributed by atoms with Crippen LogP contribution in [0.5, 0.6) is 5.75 Å². The number of nitrogens with two attached hydrogens (primary N) is 1. The van der Waals surface area contributed by atoms with E-state index in [1.807, 2.05) is 0 Å². The Hall–Kier alpha value is -3.04. The average molecular weight is 424 g/mol. The molecule has 30 heavy (non-hydrogen) atoms. The van der Waals surface area contributed by atoms with Crippen LogP contribution in [0.15, 0.2) is 35.6 Å². The third-order valence-corrected chi connectivity index (χ3v) is 5.18. The molecular weight excluding hydrogens is 404 g/mol. The van der Waals surface area contributed by atoms with Crippen molar-refractivity contribution < 1.29 is 27.1 Å². The van der Waals surface area contributed by atoms with Crippen LogP contribution < -0.4 is 10.5 Å². The van der Waals surface area contributed by atoms with Gasteiger partial charge in [-0.05, 0) is 31.5 Å². The zero-order valence-corrected chi connectivity index (χ0v) is 16.5. The van der Waals surface area contributed by atoms with Gasteiger partial charge in [0.25, 0.3) is 5.92 Å². The minimum atomic E-state index is -3.72. The molecule has 0 amide bonds. The Morgan fingerprint density at radius 3 is 2.43 bits per heavy atom. The zero-order chi connectivity index (χ0) is 22.3. The molecule has 160 valence electrons. The van der Waals surface area contributed by atoms with E-state index in [1.165, 1.54) is 25.6 Å². The number of halogens is 4. The molecule has 1 aromatic heterocycles. The van der Waals surface area contributed by atoms with Crippen LogP contribution in [0.2, 0.25) is 0 Å². The molecule has 0 unspecified atom stereocenters. The number of nitrogens with zero attached hydrogens (tertiary/aromatic N) is 3. The van der Waals surface area contributed by atoms with Crippen LogP contribution in [-0.2, 0) is 12.0 Å². The predicted octanol–water partition coefficient (Wildman–Crippen LogP) is 3.39. The smallest absolute Gasteiger partial charge is 0.280 e. The number of rotatable bonds is 5. The zero-order valence-electron chi connectivity index (χ0n) is 16.5. The number of ketones is 1. The van der Waals surface area contributed by atoms with Crippen molar-refractivity contribution in [3.8, 4) is 5.75 Å². The van der Waals surface area contributed by atoms with E-state index in [-0.39, 0.29) is 17.8 Å². The van der Waals surface area contributed by atoms with Gasteiger partial charge in [0.05, 0.1) is 25.9 Å². The van der Waals surface area contributed by atoms with E-state index in [9.17, 15) is 22.4 Å². The van der Waals surface area contributed by atoms with Gasteiger partial charge in [-0.2, -0.15) is 0 Å². The lowest BCUT2D eigenvalue weighted by Gasteiger charge is -2.42. The fourth-order valence-electron chi connectivity index (χ4n) is 3.26. The van der Waals surface area contributed by atoms with Gasteiger partial charge >= 0.3 is 0 Å². The van der Waals surface area contributed by atoms with Crippen molar-refractivity contribution in [2.45, 2.75) is 43.8 Å². The van der Waals surface area contributed by atoms with Gasteiger partial charge in [-0.25, -0.2) is 27.5 Å². The maximum absolute atomic E-state index is 14.9. The van der Waals surface area contributed by atoms with Gasteiger partial charge in [0, 0.05) is 12.0 Å². The summed E-state index contributed by atoms with van der Waals surface area (Å²) in [4.78, 5) is 23.8. The van der Waals surface area contributed by atoms with Gasteiger partial charge in [0.1, 0.15) is 11.7 Å². The second-order valence-electron chi connectivity index (χ2n) is 7.51. The maximum atomic E-state index is 14.9. The van der Waals surface area contributed by atoms with Crippen molar-refractivity contribution in [2.75, 3.05) is 7.11 Å². The lowest BCUT2D eigenvalue weighted by Crippen LogP contribution is -2.56. The second-order valence-corrected chi connectivity index (χ2v) is 7.51. The standard InChI is InChI=1S/C20H20F4N4O2/c1-18(22)10-20(23,24)19(2,28-17(18)25)13-6-11(4-5-14(13)21)7-15(29)16-26-8-12(30-3)9-27-16/h4-6,8-9H,7,10H2,1-3H3,(H2,25,28)/t18-,19-/m1/s1. The highest BCUT2D eigenvalue weighted by Crippen LogP contribution is 2.50. The van der Waals surface area contributed by atoms with Crippen LogP contribution in [0.25, 0.3) is 0 Å². The number of aliphatic imine (C=N–C) groups is 1. The number of hydrogen-bond donors (Lipinski definition) is 1. The molecule has 1 aliphatic heterocycles. The van der Waals surface area contributed by atoms with Crippen molar-refractivity contribution in [1.82, 2.24) is 9.97 Å². The molecule has 10 heteroatoms. The van der Waals surface area contributed by atoms with E-state index < -0.39 is 46.6 Å². The van der Waals surface area contributed by atoms with Crippen LogP contribution in [0.1, 0.15) is 42.0 Å². The third-order valence-electron chi connectivity index (χ3n) is 5.18. The number of alkyl halides is 3. The summed E-state index contributed by atoms with van der Waals surface area (Å²) in [6.45, 7) is 1.89. The van der Waals surface area contributed by atoms with Crippen molar-refractivity contribution in [3.05, 3.63) is 53.4 Å². The molecular formula is C20H20F4N4O2. The Morgan fingerprint density at radius 2 is 1.83 bits per heavy atom. The second kappa shape index (κ2) is 7.33. The Kier molecular flexibility index (Phi) is 5.30. The topological polar surface area (TPSA) is 90.5 Å². The number of aromatic nitrogens is 2. The van der Waals surface area contributed by atoms with Gasteiger partial charge in [0.2, 0.25) is 5.78 Å². The summed E-state index contributed by atoms with van der Waals surface area (Å²) < 4.78 is 63.5. The first-order valence-electron chi connectivity index (χ1n) is 9.00. The fraction of sp³-hybridized carbons (Fsp3) is 0.400. The summed E-state index contributed by atoms with van der Waals surface area (Å²) in [7, 11) is 1.42. The van der Waals surface area contributed by atoms with Crippen LogP contribution in [0.4, 0.5) is 17.6 Å². The lowest BCUT2D eigenvalue weighted by atomic mass is 9.77. The Morgan fingerprint density at radius 1 is 1.20 bits per heavy atom. The number of amidine groups is 1.